The lowest BCUT2D eigenvalue weighted by atomic mass is 9.78. The van der Waals surface area contributed by atoms with Gasteiger partial charge in [-0.05, 0) is 61.1 Å². The predicted octanol–water partition coefficient (Wildman–Crippen LogP) is 4.10. The first-order valence-corrected chi connectivity index (χ1v) is 11.6. The van der Waals surface area contributed by atoms with E-state index in [1.165, 1.54) is 23.6 Å². The number of hydrogen-bond acceptors (Lipinski definition) is 5. The van der Waals surface area contributed by atoms with E-state index >= 15 is 0 Å². The molecule has 7 nitrogen and oxygen atoms in total. The number of aromatic nitrogens is 3. The van der Waals surface area contributed by atoms with Gasteiger partial charge in [-0.15, -0.1) is 0 Å². The molecule has 1 spiro atoms. The summed E-state index contributed by atoms with van der Waals surface area (Å²) < 4.78 is 1.30. The van der Waals surface area contributed by atoms with Crippen molar-refractivity contribution < 1.29 is 9.59 Å². The molecule has 2 aliphatic heterocycles. The van der Waals surface area contributed by atoms with Crippen molar-refractivity contribution in [3.05, 3.63) is 72.2 Å². The Balaban J connectivity index is 1.18. The predicted molar refractivity (Wildman–Crippen MR) is 126 cm³/mol. The average Bonchev–Trinajstić information content (AvgIpc) is 3.48. The maximum atomic E-state index is 12.8. The number of pyridine rings is 1. The minimum atomic E-state index is -0.140. The first kappa shape index (κ1) is 21.5. The normalized spacial score (nSPS) is 18.0. The van der Waals surface area contributed by atoms with E-state index in [2.05, 4.69) is 39.2 Å². The molecule has 170 valence electrons. The van der Waals surface area contributed by atoms with Gasteiger partial charge in [0, 0.05) is 51.1 Å². The van der Waals surface area contributed by atoms with Crippen LogP contribution in [-0.4, -0.2) is 62.6 Å². The van der Waals surface area contributed by atoms with Gasteiger partial charge in [-0.2, -0.15) is 9.78 Å². The largest absolute Gasteiger partial charge is 0.344 e. The third-order valence-electron chi connectivity index (χ3n) is 7.05. The Hall–Kier alpha value is -3.32. The van der Waals surface area contributed by atoms with Crippen molar-refractivity contribution in [2.45, 2.75) is 32.7 Å². The molecule has 2 aromatic heterocycles. The van der Waals surface area contributed by atoms with Gasteiger partial charge in [0.2, 0.25) is 0 Å². The Morgan fingerprint density at radius 1 is 1.00 bits per heavy atom. The molecular formula is C26H29N5O2. The van der Waals surface area contributed by atoms with Crippen LogP contribution in [0.4, 0.5) is 4.79 Å². The molecular weight excluding hydrogens is 414 g/mol. The number of nitrogens with zero attached hydrogens (tertiary/aromatic N) is 5. The molecule has 2 aliphatic rings. The zero-order valence-electron chi connectivity index (χ0n) is 19.0. The monoisotopic (exact) mass is 443 g/mol. The highest BCUT2D eigenvalue weighted by molar-refractivity contribution is 5.92. The lowest BCUT2D eigenvalue weighted by Gasteiger charge is -2.39. The molecule has 5 rings (SSSR count). The lowest BCUT2D eigenvalue weighted by molar-refractivity contribution is 0.101. The van der Waals surface area contributed by atoms with Crippen LogP contribution in [-0.2, 0) is 6.54 Å². The zero-order chi connectivity index (χ0) is 22.8. The highest BCUT2D eigenvalue weighted by Gasteiger charge is 2.41. The van der Waals surface area contributed by atoms with E-state index in [-0.39, 0.29) is 17.2 Å². The summed E-state index contributed by atoms with van der Waals surface area (Å²) in [6.45, 7) is 6.02. The summed E-state index contributed by atoms with van der Waals surface area (Å²) >= 11 is 0. The number of ketones is 1. The van der Waals surface area contributed by atoms with Crippen LogP contribution in [0.5, 0.6) is 0 Å². The number of Topliss-reactive ketones (excluding diaryl/α,β-unsaturated/α-hetero) is 1. The van der Waals surface area contributed by atoms with Crippen molar-refractivity contribution in [1.82, 2.24) is 24.6 Å². The van der Waals surface area contributed by atoms with Crippen molar-refractivity contribution in [2.75, 3.05) is 26.2 Å². The summed E-state index contributed by atoms with van der Waals surface area (Å²) in [5, 5.41) is 4.12. The van der Waals surface area contributed by atoms with Gasteiger partial charge in [-0.3, -0.25) is 14.7 Å². The number of carbonyl (C=O) groups is 2. The summed E-state index contributed by atoms with van der Waals surface area (Å²) in [6, 6.07) is 16.1. The molecule has 0 N–H and O–H groups in total. The maximum Gasteiger partial charge on any atom is 0.344 e. The van der Waals surface area contributed by atoms with Gasteiger partial charge in [0.05, 0.1) is 5.69 Å². The highest BCUT2D eigenvalue weighted by atomic mass is 16.2. The molecule has 1 amide bonds. The number of benzene rings is 1. The van der Waals surface area contributed by atoms with Crippen LogP contribution in [0, 0.1) is 5.41 Å². The van der Waals surface area contributed by atoms with Crippen LogP contribution < -0.4 is 0 Å². The molecule has 7 heteroatoms. The van der Waals surface area contributed by atoms with E-state index in [1.807, 2.05) is 29.3 Å². The Morgan fingerprint density at radius 3 is 2.55 bits per heavy atom. The summed E-state index contributed by atoms with van der Waals surface area (Å²) in [4.78, 5) is 33.1. The Labute approximate surface area is 194 Å². The molecule has 2 fully saturated rings. The van der Waals surface area contributed by atoms with Gasteiger partial charge in [-0.1, -0.05) is 24.3 Å². The second-order valence-corrected chi connectivity index (χ2v) is 9.35. The number of piperidine rings is 1. The second kappa shape index (κ2) is 8.90. The van der Waals surface area contributed by atoms with Gasteiger partial charge in [0.1, 0.15) is 5.69 Å². The van der Waals surface area contributed by atoms with Crippen LogP contribution in [0.25, 0.3) is 11.3 Å². The van der Waals surface area contributed by atoms with E-state index in [9.17, 15) is 9.59 Å². The molecule has 0 bridgehead atoms. The third-order valence-corrected chi connectivity index (χ3v) is 7.05. The number of carbonyl (C=O) groups excluding carboxylic acids is 2. The van der Waals surface area contributed by atoms with Crippen LogP contribution in [0.1, 0.15) is 42.2 Å². The van der Waals surface area contributed by atoms with Crippen molar-refractivity contribution in [1.29, 1.82) is 0 Å². The molecule has 0 radical (unpaired) electrons. The molecule has 0 saturated carbocycles. The number of amides is 1. The van der Waals surface area contributed by atoms with Gasteiger partial charge in [0.25, 0.3) is 0 Å². The third kappa shape index (κ3) is 4.59. The molecule has 0 unspecified atom stereocenters. The zero-order valence-corrected chi connectivity index (χ0v) is 19.0. The molecule has 33 heavy (non-hydrogen) atoms. The standard InChI is InChI=1S/C26H29N5O2/c1-20(32)23-8-13-31(28-23)25(33)30-15-10-26(11-16-30)9-14-29(19-26)18-21-5-4-6-22(17-21)24-7-2-3-12-27-24/h2-8,12-13,17H,9-11,14-16,18-19H2,1H3. The fourth-order valence-corrected chi connectivity index (χ4v) is 5.13. The summed E-state index contributed by atoms with van der Waals surface area (Å²) in [6.07, 6.45) is 6.59. The van der Waals surface area contributed by atoms with Crippen LogP contribution >= 0.6 is 0 Å². The van der Waals surface area contributed by atoms with E-state index < -0.39 is 0 Å². The quantitative estimate of drug-likeness (QED) is 0.568. The van der Waals surface area contributed by atoms with Crippen molar-refractivity contribution >= 4 is 11.8 Å². The van der Waals surface area contributed by atoms with Gasteiger partial charge in [-0.25, -0.2) is 4.79 Å². The molecule has 2 saturated heterocycles. The van der Waals surface area contributed by atoms with Gasteiger partial charge >= 0.3 is 6.03 Å². The van der Waals surface area contributed by atoms with Crippen LogP contribution in [0.2, 0.25) is 0 Å². The first-order valence-electron chi connectivity index (χ1n) is 11.6. The highest BCUT2D eigenvalue weighted by Crippen LogP contribution is 2.41. The fraction of sp³-hybridized carbons (Fsp3) is 0.385. The van der Waals surface area contributed by atoms with Gasteiger partial charge < -0.3 is 4.90 Å². The summed E-state index contributed by atoms with van der Waals surface area (Å²) in [5.41, 5.74) is 4.07. The van der Waals surface area contributed by atoms with E-state index in [4.69, 9.17) is 0 Å². The number of likely N-dealkylation sites (tertiary alicyclic amines) is 2. The molecule has 0 aliphatic carbocycles. The summed E-state index contributed by atoms with van der Waals surface area (Å²) in [7, 11) is 0. The minimum absolute atomic E-state index is 0.129. The van der Waals surface area contributed by atoms with Crippen molar-refractivity contribution in [3.63, 3.8) is 0 Å². The van der Waals surface area contributed by atoms with E-state index in [0.717, 1.165) is 56.8 Å². The van der Waals surface area contributed by atoms with Crippen molar-refractivity contribution in [3.8, 4) is 11.3 Å². The van der Waals surface area contributed by atoms with E-state index in [0.29, 0.717) is 5.69 Å². The maximum absolute atomic E-state index is 12.8. The molecule has 0 atom stereocenters. The molecule has 3 aromatic rings. The summed E-state index contributed by atoms with van der Waals surface area (Å²) in [5.74, 6) is -0.129. The Morgan fingerprint density at radius 2 is 1.82 bits per heavy atom. The lowest BCUT2D eigenvalue weighted by Crippen LogP contribution is -2.45. The smallest absolute Gasteiger partial charge is 0.323 e. The fourth-order valence-electron chi connectivity index (χ4n) is 5.13. The van der Waals surface area contributed by atoms with Crippen molar-refractivity contribution in [2.24, 2.45) is 5.41 Å². The number of hydrogen-bond donors (Lipinski definition) is 0. The second-order valence-electron chi connectivity index (χ2n) is 9.35. The molecule has 1 aromatic carbocycles. The topological polar surface area (TPSA) is 71.3 Å². The Bertz CT molecular complexity index is 1150. The minimum Gasteiger partial charge on any atom is -0.323 e. The SMILES string of the molecule is CC(=O)c1ccn(C(=O)N2CCC3(CCN(Cc4cccc(-c5ccccn5)c4)C3)CC2)n1. The van der Waals surface area contributed by atoms with Crippen LogP contribution in [0.3, 0.4) is 0 Å². The van der Waals surface area contributed by atoms with Crippen LogP contribution in [0.15, 0.2) is 60.9 Å². The first-order chi connectivity index (χ1) is 16.0. The number of rotatable bonds is 4. The Kier molecular flexibility index (Phi) is 5.81. The average molecular weight is 444 g/mol. The molecule has 4 heterocycles. The van der Waals surface area contributed by atoms with Gasteiger partial charge in [0.15, 0.2) is 5.78 Å². The van der Waals surface area contributed by atoms with E-state index in [1.54, 1.807) is 12.3 Å².